The molecule has 1 aromatic heterocycles. The minimum Gasteiger partial charge on any atom is -0.267 e. The zero-order chi connectivity index (χ0) is 19.2. The second-order valence-electron chi connectivity index (χ2n) is 6.14. The van der Waals surface area contributed by atoms with Crippen LogP contribution in [0.1, 0.15) is 15.9 Å². The van der Waals surface area contributed by atoms with Gasteiger partial charge in [-0.15, -0.1) is 0 Å². The maximum Gasteiger partial charge on any atom is 0.271 e. The molecule has 0 spiro atoms. The molecule has 0 radical (unpaired) electrons. The monoisotopic (exact) mass is 366 g/mol. The maximum absolute atomic E-state index is 12.2. The van der Waals surface area contributed by atoms with Gasteiger partial charge in [-0.2, -0.15) is 10.2 Å². The van der Waals surface area contributed by atoms with Gasteiger partial charge in [0.15, 0.2) is 0 Å². The fourth-order valence-corrected chi connectivity index (χ4v) is 2.83. The van der Waals surface area contributed by atoms with E-state index in [1.165, 1.54) is 0 Å². The van der Waals surface area contributed by atoms with Crippen molar-refractivity contribution in [3.05, 3.63) is 108 Å². The maximum atomic E-state index is 12.2. The molecule has 4 rings (SSSR count). The van der Waals surface area contributed by atoms with E-state index in [1.807, 2.05) is 89.7 Å². The third kappa shape index (κ3) is 3.88. The third-order valence-electron chi connectivity index (χ3n) is 4.22. The Hall–Kier alpha value is -3.99. The van der Waals surface area contributed by atoms with E-state index < -0.39 is 0 Å². The summed E-state index contributed by atoms with van der Waals surface area (Å²) in [6, 6.07) is 28.7. The van der Waals surface area contributed by atoms with Gasteiger partial charge in [-0.1, -0.05) is 66.7 Å². The molecule has 0 aliphatic carbocycles. The number of hydrogen-bond donors (Lipinski definition) is 1. The van der Waals surface area contributed by atoms with Crippen LogP contribution in [0.25, 0.3) is 16.9 Å². The van der Waals surface area contributed by atoms with Gasteiger partial charge in [0.25, 0.3) is 5.91 Å². The van der Waals surface area contributed by atoms with E-state index in [2.05, 4.69) is 10.5 Å². The normalized spacial score (nSPS) is 10.9. The summed E-state index contributed by atoms with van der Waals surface area (Å²) in [7, 11) is 0. The topological polar surface area (TPSA) is 59.3 Å². The number of carbonyl (C=O) groups excluding carboxylic acids is 1. The van der Waals surface area contributed by atoms with Gasteiger partial charge in [0.1, 0.15) is 5.69 Å². The molecule has 0 aliphatic heterocycles. The summed E-state index contributed by atoms with van der Waals surface area (Å²) in [6.45, 7) is 0. The summed E-state index contributed by atoms with van der Waals surface area (Å²) < 4.78 is 1.81. The van der Waals surface area contributed by atoms with Crippen molar-refractivity contribution < 1.29 is 4.79 Å². The highest BCUT2D eigenvalue weighted by atomic mass is 16.2. The first-order chi connectivity index (χ1) is 13.8. The van der Waals surface area contributed by atoms with Crippen molar-refractivity contribution in [3.8, 4) is 16.9 Å². The standard InChI is InChI=1S/C23H18N4O/c28-23(19-12-6-2-7-13-19)25-24-16-20-17-27(21-14-8-3-9-15-21)26-22(20)18-10-4-1-5-11-18/h1-17H,(H,25,28). The molecule has 5 nitrogen and oxygen atoms in total. The van der Waals surface area contributed by atoms with Crippen LogP contribution < -0.4 is 5.43 Å². The van der Waals surface area contributed by atoms with Crippen molar-refractivity contribution in [2.24, 2.45) is 5.10 Å². The lowest BCUT2D eigenvalue weighted by Crippen LogP contribution is -2.17. The summed E-state index contributed by atoms with van der Waals surface area (Å²) in [5.41, 5.74) is 6.66. The molecule has 0 saturated carbocycles. The van der Waals surface area contributed by atoms with Crippen LogP contribution in [0.5, 0.6) is 0 Å². The number of aromatic nitrogens is 2. The average molecular weight is 366 g/mol. The molecule has 0 fully saturated rings. The SMILES string of the molecule is O=C(NN=Cc1cn(-c2ccccc2)nc1-c1ccccc1)c1ccccc1. The molecule has 28 heavy (non-hydrogen) atoms. The van der Waals surface area contributed by atoms with E-state index in [1.54, 1.807) is 18.3 Å². The molecule has 136 valence electrons. The second kappa shape index (κ2) is 8.14. The van der Waals surface area contributed by atoms with Crippen LogP contribution >= 0.6 is 0 Å². The Morgan fingerprint density at radius 3 is 2.14 bits per heavy atom. The third-order valence-corrected chi connectivity index (χ3v) is 4.22. The van der Waals surface area contributed by atoms with Crippen LogP contribution in [0, 0.1) is 0 Å². The van der Waals surface area contributed by atoms with Gasteiger partial charge in [-0.3, -0.25) is 4.79 Å². The summed E-state index contributed by atoms with van der Waals surface area (Å²) in [5.74, 6) is -0.256. The second-order valence-corrected chi connectivity index (χ2v) is 6.14. The number of carbonyl (C=O) groups is 1. The Bertz CT molecular complexity index is 1090. The lowest BCUT2D eigenvalue weighted by atomic mass is 10.1. The Morgan fingerprint density at radius 2 is 1.46 bits per heavy atom. The van der Waals surface area contributed by atoms with Crippen LogP contribution in [0.2, 0.25) is 0 Å². The predicted octanol–water partition coefficient (Wildman–Crippen LogP) is 4.30. The summed E-state index contributed by atoms with van der Waals surface area (Å²) >= 11 is 0. The van der Waals surface area contributed by atoms with E-state index in [-0.39, 0.29) is 5.91 Å². The number of hydrazone groups is 1. The first-order valence-corrected chi connectivity index (χ1v) is 8.90. The van der Waals surface area contributed by atoms with Crippen LogP contribution in [0.15, 0.2) is 102 Å². The Morgan fingerprint density at radius 1 is 0.857 bits per heavy atom. The van der Waals surface area contributed by atoms with E-state index in [0.717, 1.165) is 22.5 Å². The Balaban J connectivity index is 1.63. The van der Waals surface area contributed by atoms with Gasteiger partial charge in [0.05, 0.1) is 11.9 Å². The molecule has 0 aliphatic rings. The summed E-state index contributed by atoms with van der Waals surface area (Å²) in [6.07, 6.45) is 3.52. The van der Waals surface area contributed by atoms with E-state index in [9.17, 15) is 4.79 Å². The molecule has 1 amide bonds. The smallest absolute Gasteiger partial charge is 0.267 e. The number of nitrogens with one attached hydrogen (secondary N) is 1. The van der Waals surface area contributed by atoms with Crippen LogP contribution in [-0.2, 0) is 0 Å². The van der Waals surface area contributed by atoms with Crippen LogP contribution in [-0.4, -0.2) is 21.9 Å². The zero-order valence-electron chi connectivity index (χ0n) is 15.1. The van der Waals surface area contributed by atoms with Crippen molar-refractivity contribution >= 4 is 12.1 Å². The van der Waals surface area contributed by atoms with Gasteiger partial charge in [-0.25, -0.2) is 10.1 Å². The van der Waals surface area contributed by atoms with Gasteiger partial charge < -0.3 is 0 Å². The van der Waals surface area contributed by atoms with Crippen molar-refractivity contribution in [2.45, 2.75) is 0 Å². The summed E-state index contributed by atoms with van der Waals surface area (Å²) in [5, 5.41) is 8.85. The van der Waals surface area contributed by atoms with E-state index in [4.69, 9.17) is 5.10 Å². The molecule has 0 saturated heterocycles. The molecule has 5 heteroatoms. The molecule has 0 unspecified atom stereocenters. The number of rotatable bonds is 5. The number of hydrogen-bond acceptors (Lipinski definition) is 3. The first-order valence-electron chi connectivity index (χ1n) is 8.90. The van der Waals surface area contributed by atoms with E-state index >= 15 is 0 Å². The van der Waals surface area contributed by atoms with Crippen LogP contribution in [0.3, 0.4) is 0 Å². The number of para-hydroxylation sites is 1. The highest BCUT2D eigenvalue weighted by Crippen LogP contribution is 2.22. The van der Waals surface area contributed by atoms with Gasteiger partial charge in [0.2, 0.25) is 0 Å². The van der Waals surface area contributed by atoms with Crippen LogP contribution in [0.4, 0.5) is 0 Å². The van der Waals surface area contributed by atoms with Crippen molar-refractivity contribution in [1.82, 2.24) is 15.2 Å². The molecule has 0 atom stereocenters. The quantitative estimate of drug-likeness (QED) is 0.423. The van der Waals surface area contributed by atoms with Crippen molar-refractivity contribution in [1.29, 1.82) is 0 Å². The molecule has 1 N–H and O–H groups in total. The van der Waals surface area contributed by atoms with Gasteiger partial charge in [-0.05, 0) is 24.3 Å². The fraction of sp³-hybridized carbons (Fsp3) is 0. The number of amides is 1. The number of benzene rings is 3. The highest BCUT2D eigenvalue weighted by Gasteiger charge is 2.11. The molecular weight excluding hydrogens is 348 g/mol. The fourth-order valence-electron chi connectivity index (χ4n) is 2.83. The molecular formula is C23H18N4O. The first kappa shape index (κ1) is 17.4. The minimum absolute atomic E-state index is 0.256. The average Bonchev–Trinajstić information content (AvgIpc) is 3.20. The molecule has 1 heterocycles. The Kier molecular flexibility index (Phi) is 5.06. The predicted molar refractivity (Wildman–Crippen MR) is 111 cm³/mol. The van der Waals surface area contributed by atoms with Crippen molar-refractivity contribution in [2.75, 3.05) is 0 Å². The largest absolute Gasteiger partial charge is 0.271 e. The highest BCUT2D eigenvalue weighted by molar-refractivity contribution is 5.95. The lowest BCUT2D eigenvalue weighted by molar-refractivity contribution is 0.0955. The Labute approximate surface area is 163 Å². The molecule has 4 aromatic rings. The van der Waals surface area contributed by atoms with Gasteiger partial charge in [0, 0.05) is 22.9 Å². The van der Waals surface area contributed by atoms with Gasteiger partial charge >= 0.3 is 0 Å². The minimum atomic E-state index is -0.256. The molecule has 3 aromatic carbocycles. The summed E-state index contributed by atoms with van der Waals surface area (Å²) in [4.78, 5) is 12.2. The van der Waals surface area contributed by atoms with E-state index in [0.29, 0.717) is 5.56 Å². The van der Waals surface area contributed by atoms with Crippen molar-refractivity contribution in [3.63, 3.8) is 0 Å². The zero-order valence-corrected chi connectivity index (χ0v) is 15.1. The molecule has 0 bridgehead atoms. The number of nitrogens with zero attached hydrogens (tertiary/aromatic N) is 3. The lowest BCUT2D eigenvalue weighted by Gasteiger charge is -2.00.